The molecule has 1 aromatic heterocycles. The van der Waals surface area contributed by atoms with E-state index in [1.165, 1.54) is 18.3 Å². The highest BCUT2D eigenvalue weighted by atomic mass is 32.1. The third-order valence-electron chi connectivity index (χ3n) is 4.22. The molecule has 4 atom stereocenters. The maximum atomic E-state index is 12.5. The van der Waals surface area contributed by atoms with E-state index in [0.717, 1.165) is 0 Å². The van der Waals surface area contributed by atoms with Gasteiger partial charge in [-0.1, -0.05) is 6.07 Å². The number of hydrogen-bond donors (Lipinski definition) is 1. The molecule has 1 fully saturated rings. The quantitative estimate of drug-likeness (QED) is 0.642. The molecule has 0 unspecified atom stereocenters. The number of carbonyl (C=O) groups excluding carboxylic acids is 3. The summed E-state index contributed by atoms with van der Waals surface area (Å²) in [5.41, 5.74) is -1.58. The van der Waals surface area contributed by atoms with Gasteiger partial charge in [0, 0.05) is 17.2 Å². The van der Waals surface area contributed by atoms with Crippen molar-refractivity contribution in [1.82, 2.24) is 0 Å². The third-order valence-corrected chi connectivity index (χ3v) is 5.19. The first kappa shape index (κ1) is 18.6. The van der Waals surface area contributed by atoms with Crippen molar-refractivity contribution in [1.29, 1.82) is 0 Å². The third kappa shape index (κ3) is 3.52. The topological polar surface area (TPSA) is 89.9 Å². The second-order valence-corrected chi connectivity index (χ2v) is 6.98. The van der Waals surface area contributed by atoms with Gasteiger partial charge in [0.1, 0.15) is 5.92 Å². The van der Waals surface area contributed by atoms with E-state index in [0.29, 0.717) is 4.88 Å². The molecule has 132 valence electrons. The van der Waals surface area contributed by atoms with Gasteiger partial charge >= 0.3 is 11.9 Å². The SMILES string of the molecule is CCOC(=O)[C@@H]1C(=O)C[C@@](C)(O)[C@@H](C(=O)OCC)[C@@H]1c1cccs1. The molecule has 7 heteroatoms. The molecule has 0 amide bonds. The standard InChI is InChI=1S/C17H22O6S/c1-4-22-15(19)12-10(18)9-17(3,21)14(16(20)23-5-2)13(12)11-7-6-8-24-11/h6-8,12-14,21H,4-5,9H2,1-3H3/t12-,13-,14-,17-/m1/s1. The molecule has 0 bridgehead atoms. The van der Waals surface area contributed by atoms with Crippen molar-refractivity contribution in [2.24, 2.45) is 11.8 Å². The minimum atomic E-state index is -1.58. The van der Waals surface area contributed by atoms with Crippen LogP contribution >= 0.6 is 11.3 Å². The van der Waals surface area contributed by atoms with Crippen molar-refractivity contribution in [2.45, 2.75) is 38.7 Å². The molecule has 0 spiro atoms. The highest BCUT2D eigenvalue weighted by Gasteiger charge is 2.57. The summed E-state index contributed by atoms with van der Waals surface area (Å²) in [6.07, 6.45) is -0.290. The summed E-state index contributed by atoms with van der Waals surface area (Å²) in [5, 5.41) is 12.5. The second-order valence-electron chi connectivity index (χ2n) is 6.00. The molecule has 1 aromatic rings. The summed E-state index contributed by atoms with van der Waals surface area (Å²) in [5.74, 6) is -4.61. The van der Waals surface area contributed by atoms with Gasteiger partial charge in [-0.15, -0.1) is 11.3 Å². The van der Waals surface area contributed by atoms with E-state index >= 15 is 0 Å². The Morgan fingerprint density at radius 3 is 2.46 bits per heavy atom. The molecule has 1 aliphatic rings. The van der Waals surface area contributed by atoms with E-state index in [9.17, 15) is 19.5 Å². The lowest BCUT2D eigenvalue weighted by Gasteiger charge is -2.43. The van der Waals surface area contributed by atoms with Crippen molar-refractivity contribution in [2.75, 3.05) is 13.2 Å². The lowest BCUT2D eigenvalue weighted by Crippen LogP contribution is -2.55. The van der Waals surface area contributed by atoms with Crippen molar-refractivity contribution < 1.29 is 29.0 Å². The number of ether oxygens (including phenoxy) is 2. The number of hydrogen-bond acceptors (Lipinski definition) is 7. The second kappa shape index (κ2) is 7.44. The van der Waals surface area contributed by atoms with Gasteiger partial charge in [-0.05, 0) is 32.2 Å². The van der Waals surface area contributed by atoms with Crippen LogP contribution in [0.5, 0.6) is 0 Å². The average molecular weight is 354 g/mol. The Balaban J connectivity index is 2.53. The van der Waals surface area contributed by atoms with Gasteiger partial charge < -0.3 is 14.6 Å². The van der Waals surface area contributed by atoms with Crippen LogP contribution in [0, 0.1) is 11.8 Å². The first-order chi connectivity index (χ1) is 11.3. The molecule has 0 aliphatic heterocycles. The van der Waals surface area contributed by atoms with Gasteiger partial charge in [0.15, 0.2) is 5.78 Å². The zero-order chi connectivity index (χ0) is 17.9. The predicted octanol–water partition coefficient (Wildman–Crippen LogP) is 1.91. The lowest BCUT2D eigenvalue weighted by molar-refractivity contribution is -0.172. The average Bonchev–Trinajstić information content (AvgIpc) is 2.99. The molecular formula is C17H22O6S. The number of carbonyl (C=O) groups is 3. The zero-order valence-electron chi connectivity index (χ0n) is 14.0. The van der Waals surface area contributed by atoms with Crippen molar-refractivity contribution in [3.63, 3.8) is 0 Å². The number of Topliss-reactive ketones (excluding diaryl/α,β-unsaturated/α-hetero) is 1. The Bertz CT molecular complexity index is 607. The summed E-state index contributed by atoms with van der Waals surface area (Å²) in [7, 11) is 0. The fourth-order valence-electron chi connectivity index (χ4n) is 3.30. The Morgan fingerprint density at radius 2 is 1.92 bits per heavy atom. The van der Waals surface area contributed by atoms with Gasteiger partial charge in [0.2, 0.25) is 0 Å². The fourth-order valence-corrected chi connectivity index (χ4v) is 4.21. The Kier molecular flexibility index (Phi) is 5.77. The molecule has 1 heterocycles. The van der Waals surface area contributed by atoms with Crippen LogP contribution in [-0.4, -0.2) is 41.6 Å². The molecular weight excluding hydrogens is 332 g/mol. The van der Waals surface area contributed by atoms with Crippen molar-refractivity contribution in [3.8, 4) is 0 Å². The number of ketones is 1. The Hall–Kier alpha value is -1.73. The first-order valence-electron chi connectivity index (χ1n) is 7.95. The fraction of sp³-hybridized carbons (Fsp3) is 0.588. The maximum absolute atomic E-state index is 12.5. The molecule has 2 rings (SSSR count). The van der Waals surface area contributed by atoms with E-state index in [2.05, 4.69) is 0 Å². The monoisotopic (exact) mass is 354 g/mol. The Morgan fingerprint density at radius 1 is 1.29 bits per heavy atom. The molecule has 0 radical (unpaired) electrons. The van der Waals surface area contributed by atoms with Crippen LogP contribution in [0.25, 0.3) is 0 Å². The molecule has 0 saturated heterocycles. The molecule has 1 aliphatic carbocycles. The first-order valence-corrected chi connectivity index (χ1v) is 8.83. The minimum Gasteiger partial charge on any atom is -0.466 e. The summed E-state index contributed by atoms with van der Waals surface area (Å²) in [6, 6.07) is 3.53. The van der Waals surface area contributed by atoms with Gasteiger partial charge in [0.25, 0.3) is 0 Å². The molecule has 24 heavy (non-hydrogen) atoms. The van der Waals surface area contributed by atoms with E-state index in [4.69, 9.17) is 9.47 Å². The normalized spacial score (nSPS) is 30.0. The summed E-state index contributed by atoms with van der Waals surface area (Å²) >= 11 is 1.33. The van der Waals surface area contributed by atoms with Gasteiger partial charge in [-0.3, -0.25) is 14.4 Å². The summed E-state index contributed by atoms with van der Waals surface area (Å²) < 4.78 is 10.2. The zero-order valence-corrected chi connectivity index (χ0v) is 14.8. The summed E-state index contributed by atoms with van der Waals surface area (Å²) in [4.78, 5) is 38.1. The van der Waals surface area contributed by atoms with Gasteiger partial charge in [0.05, 0.1) is 24.7 Å². The van der Waals surface area contributed by atoms with Crippen LogP contribution in [0.1, 0.15) is 38.0 Å². The Labute approximate surface area is 144 Å². The van der Waals surface area contributed by atoms with Crippen LogP contribution in [-0.2, 0) is 23.9 Å². The number of esters is 2. The summed E-state index contributed by atoms with van der Waals surface area (Å²) in [6.45, 7) is 5.06. The number of aliphatic hydroxyl groups is 1. The van der Waals surface area contributed by atoms with E-state index in [-0.39, 0.29) is 19.6 Å². The minimum absolute atomic E-state index is 0.139. The van der Waals surface area contributed by atoms with Crippen LogP contribution in [0.15, 0.2) is 17.5 Å². The van der Waals surface area contributed by atoms with Crippen LogP contribution in [0.2, 0.25) is 0 Å². The smallest absolute Gasteiger partial charge is 0.317 e. The van der Waals surface area contributed by atoms with E-state index in [1.54, 1.807) is 31.4 Å². The largest absolute Gasteiger partial charge is 0.466 e. The van der Waals surface area contributed by atoms with E-state index < -0.39 is 41.1 Å². The maximum Gasteiger partial charge on any atom is 0.317 e. The molecule has 0 aromatic carbocycles. The number of rotatable bonds is 5. The van der Waals surface area contributed by atoms with Crippen LogP contribution in [0.3, 0.4) is 0 Å². The highest BCUT2D eigenvalue weighted by molar-refractivity contribution is 7.10. The number of thiophene rings is 1. The van der Waals surface area contributed by atoms with Crippen molar-refractivity contribution in [3.05, 3.63) is 22.4 Å². The molecule has 1 N–H and O–H groups in total. The molecule has 6 nitrogen and oxygen atoms in total. The molecule has 1 saturated carbocycles. The van der Waals surface area contributed by atoms with Gasteiger partial charge in [-0.2, -0.15) is 0 Å². The highest BCUT2D eigenvalue weighted by Crippen LogP contribution is 2.47. The lowest BCUT2D eigenvalue weighted by atomic mass is 9.63. The van der Waals surface area contributed by atoms with Crippen LogP contribution in [0.4, 0.5) is 0 Å². The van der Waals surface area contributed by atoms with Crippen molar-refractivity contribution >= 4 is 29.1 Å². The van der Waals surface area contributed by atoms with Crippen LogP contribution < -0.4 is 0 Å². The predicted molar refractivity (Wildman–Crippen MR) is 87.6 cm³/mol. The van der Waals surface area contributed by atoms with Gasteiger partial charge in [-0.25, -0.2) is 0 Å². The van der Waals surface area contributed by atoms with E-state index in [1.807, 2.05) is 0 Å².